The van der Waals surface area contributed by atoms with Gasteiger partial charge in [0.05, 0.1) is 6.10 Å². The zero-order valence-electron chi connectivity index (χ0n) is 12.3. The summed E-state index contributed by atoms with van der Waals surface area (Å²) in [6.07, 6.45) is -0.398. The molecule has 2 aromatic carbocycles. The number of benzene rings is 2. The van der Waals surface area contributed by atoms with Crippen molar-refractivity contribution in [1.82, 2.24) is 4.72 Å². The molecule has 1 atom stereocenters. The monoisotopic (exact) mass is 347 g/mol. The lowest BCUT2D eigenvalue weighted by atomic mass is 9.99. The van der Waals surface area contributed by atoms with Crippen LogP contribution in [0.2, 0.25) is 0 Å². The summed E-state index contributed by atoms with van der Waals surface area (Å²) in [4.78, 5) is 0. The molecule has 0 spiro atoms. The quantitative estimate of drug-likeness (QED) is 0.719. The Morgan fingerprint density at radius 2 is 1.83 bits per heavy atom. The molecule has 0 radical (unpaired) electrons. The molecule has 1 unspecified atom stereocenters. The molecule has 0 saturated heterocycles. The highest BCUT2D eigenvalue weighted by atomic mass is 32.2. The van der Waals surface area contributed by atoms with Crippen LogP contribution in [0.3, 0.4) is 0 Å². The van der Waals surface area contributed by atoms with Crippen LogP contribution in [-0.4, -0.2) is 20.1 Å². The fourth-order valence-electron chi connectivity index (χ4n) is 2.51. The summed E-state index contributed by atoms with van der Waals surface area (Å²) in [5.74, 6) is 0. The lowest BCUT2D eigenvalue weighted by molar-refractivity contribution is 0.170. The average molecular weight is 347 g/mol. The molecule has 6 heteroatoms. The van der Waals surface area contributed by atoms with Crippen molar-refractivity contribution in [3.8, 4) is 0 Å². The first-order valence-corrected chi connectivity index (χ1v) is 9.63. The molecule has 1 aromatic heterocycles. The van der Waals surface area contributed by atoms with Crippen molar-refractivity contribution in [2.75, 3.05) is 6.54 Å². The second-order valence-corrected chi connectivity index (χ2v) is 8.14. The summed E-state index contributed by atoms with van der Waals surface area (Å²) in [7, 11) is -3.48. The van der Waals surface area contributed by atoms with E-state index in [1.54, 1.807) is 17.5 Å². The first-order chi connectivity index (χ1) is 11.1. The Labute approximate surface area is 139 Å². The molecule has 3 aromatic rings. The van der Waals surface area contributed by atoms with E-state index < -0.39 is 16.1 Å². The van der Waals surface area contributed by atoms with E-state index in [4.69, 9.17) is 0 Å². The Balaban J connectivity index is 1.69. The molecular formula is C17H17NO3S2. The molecule has 120 valence electrons. The number of nitrogens with one attached hydrogen (secondary N) is 1. The van der Waals surface area contributed by atoms with E-state index in [1.807, 2.05) is 42.5 Å². The Morgan fingerprint density at radius 1 is 1.04 bits per heavy atom. The Hall–Kier alpha value is -1.73. The van der Waals surface area contributed by atoms with Crippen molar-refractivity contribution >= 4 is 32.1 Å². The first-order valence-electron chi connectivity index (χ1n) is 7.27. The highest BCUT2D eigenvalue weighted by Gasteiger charge is 2.16. The minimum atomic E-state index is -3.48. The third kappa shape index (κ3) is 3.61. The van der Waals surface area contributed by atoms with Crippen LogP contribution in [0.5, 0.6) is 0 Å². The molecule has 23 heavy (non-hydrogen) atoms. The highest BCUT2D eigenvalue weighted by Crippen LogP contribution is 2.26. The van der Waals surface area contributed by atoms with Crippen LogP contribution in [-0.2, 0) is 10.0 Å². The number of aliphatic hydroxyl groups excluding tert-OH is 1. The standard InChI is InChI=1S/C17H17NO3S2/c19-16(10-11-18-23(20,21)17-9-4-12-22-17)15-8-3-6-13-5-1-2-7-14(13)15/h1-9,12,16,18-19H,10-11H2. The van der Waals surface area contributed by atoms with Crippen molar-refractivity contribution in [3.05, 3.63) is 65.5 Å². The maximum Gasteiger partial charge on any atom is 0.250 e. The predicted octanol–water partition coefficient (Wildman–Crippen LogP) is 3.30. The van der Waals surface area contributed by atoms with Crippen LogP contribution >= 0.6 is 11.3 Å². The van der Waals surface area contributed by atoms with E-state index >= 15 is 0 Å². The summed E-state index contributed by atoms with van der Waals surface area (Å²) < 4.78 is 26.9. The Bertz CT molecular complexity index is 884. The number of thiophene rings is 1. The van der Waals surface area contributed by atoms with Gasteiger partial charge in [-0.3, -0.25) is 0 Å². The maximum absolute atomic E-state index is 12.0. The molecule has 4 nitrogen and oxygen atoms in total. The van der Waals surface area contributed by atoms with Crippen molar-refractivity contribution in [3.63, 3.8) is 0 Å². The second kappa shape index (κ2) is 6.80. The molecule has 0 fully saturated rings. The van der Waals surface area contributed by atoms with Gasteiger partial charge >= 0.3 is 0 Å². The average Bonchev–Trinajstić information content (AvgIpc) is 3.09. The van der Waals surface area contributed by atoms with Crippen LogP contribution < -0.4 is 4.72 Å². The zero-order chi connectivity index (χ0) is 16.3. The van der Waals surface area contributed by atoms with Crippen LogP contribution in [0.1, 0.15) is 18.1 Å². The normalized spacial score (nSPS) is 13.3. The minimum absolute atomic E-state index is 0.185. The van der Waals surface area contributed by atoms with Crippen molar-refractivity contribution in [2.24, 2.45) is 0 Å². The van der Waals surface area contributed by atoms with Gasteiger partial charge < -0.3 is 5.11 Å². The largest absolute Gasteiger partial charge is 0.388 e. The fraction of sp³-hybridized carbons (Fsp3) is 0.176. The number of hydrogen-bond donors (Lipinski definition) is 2. The van der Waals surface area contributed by atoms with Gasteiger partial charge in [0, 0.05) is 6.54 Å². The number of hydrogen-bond acceptors (Lipinski definition) is 4. The smallest absolute Gasteiger partial charge is 0.250 e. The van der Waals surface area contributed by atoms with E-state index in [0.717, 1.165) is 16.3 Å². The van der Waals surface area contributed by atoms with E-state index in [9.17, 15) is 13.5 Å². The molecule has 3 rings (SSSR count). The molecule has 1 heterocycles. The van der Waals surface area contributed by atoms with Crippen LogP contribution in [0.4, 0.5) is 0 Å². The lowest BCUT2D eigenvalue weighted by Gasteiger charge is -2.14. The second-order valence-electron chi connectivity index (χ2n) is 5.20. The topological polar surface area (TPSA) is 66.4 Å². The van der Waals surface area contributed by atoms with Crippen LogP contribution in [0, 0.1) is 0 Å². The molecule has 0 saturated carbocycles. The van der Waals surface area contributed by atoms with Crippen molar-refractivity contribution in [1.29, 1.82) is 0 Å². The van der Waals surface area contributed by atoms with E-state index in [1.165, 1.54) is 11.3 Å². The molecule has 0 amide bonds. The molecule has 0 aliphatic heterocycles. The Morgan fingerprint density at radius 3 is 2.61 bits per heavy atom. The summed E-state index contributed by atoms with van der Waals surface area (Å²) in [6.45, 7) is 0.185. The fourth-order valence-corrected chi connectivity index (χ4v) is 4.60. The Kier molecular flexibility index (Phi) is 4.77. The molecule has 0 aliphatic rings. The molecule has 0 aliphatic carbocycles. The highest BCUT2D eigenvalue weighted by molar-refractivity contribution is 7.91. The molecule has 2 N–H and O–H groups in total. The van der Waals surface area contributed by atoms with E-state index in [2.05, 4.69) is 4.72 Å². The maximum atomic E-state index is 12.0. The summed E-state index contributed by atoms with van der Waals surface area (Å²) in [5, 5.41) is 14.2. The number of sulfonamides is 1. The van der Waals surface area contributed by atoms with Gasteiger partial charge in [0.25, 0.3) is 0 Å². The van der Waals surface area contributed by atoms with Crippen LogP contribution in [0.25, 0.3) is 10.8 Å². The third-order valence-electron chi connectivity index (χ3n) is 3.65. The first kappa shape index (κ1) is 16.1. The predicted molar refractivity (Wildman–Crippen MR) is 93.0 cm³/mol. The van der Waals surface area contributed by atoms with Gasteiger partial charge in [-0.15, -0.1) is 11.3 Å². The zero-order valence-corrected chi connectivity index (χ0v) is 14.0. The van der Waals surface area contributed by atoms with E-state index in [0.29, 0.717) is 6.42 Å². The molecular weight excluding hydrogens is 330 g/mol. The van der Waals surface area contributed by atoms with Gasteiger partial charge in [0.1, 0.15) is 4.21 Å². The summed E-state index contributed by atoms with van der Waals surface area (Å²) >= 11 is 1.17. The van der Waals surface area contributed by atoms with Gasteiger partial charge in [-0.05, 0) is 34.2 Å². The van der Waals surface area contributed by atoms with Gasteiger partial charge in [0.15, 0.2) is 0 Å². The summed E-state index contributed by atoms with van der Waals surface area (Å²) in [5.41, 5.74) is 0.818. The van der Waals surface area contributed by atoms with Gasteiger partial charge in [-0.25, -0.2) is 13.1 Å². The van der Waals surface area contributed by atoms with Gasteiger partial charge in [0.2, 0.25) is 10.0 Å². The van der Waals surface area contributed by atoms with Crippen molar-refractivity contribution < 1.29 is 13.5 Å². The SMILES string of the molecule is O=S(=O)(NCCC(O)c1cccc2ccccc12)c1cccs1. The van der Waals surface area contributed by atoms with Gasteiger partial charge in [-0.2, -0.15) is 0 Å². The minimum Gasteiger partial charge on any atom is -0.388 e. The molecule has 0 bridgehead atoms. The third-order valence-corrected chi connectivity index (χ3v) is 6.51. The van der Waals surface area contributed by atoms with E-state index in [-0.39, 0.29) is 10.8 Å². The number of aliphatic hydroxyl groups is 1. The number of fused-ring (bicyclic) bond motifs is 1. The summed E-state index contributed by atoms with van der Waals surface area (Å²) in [6, 6.07) is 16.9. The lowest BCUT2D eigenvalue weighted by Crippen LogP contribution is -2.25. The van der Waals surface area contributed by atoms with Crippen LogP contribution in [0.15, 0.2) is 64.2 Å². The number of rotatable bonds is 6. The van der Waals surface area contributed by atoms with Crippen molar-refractivity contribution in [2.45, 2.75) is 16.7 Å². The van der Waals surface area contributed by atoms with Gasteiger partial charge in [-0.1, -0.05) is 48.5 Å².